The first-order valence-electron chi connectivity index (χ1n) is 15.7. The van der Waals surface area contributed by atoms with Crippen LogP contribution in [-0.2, 0) is 4.79 Å². The fourth-order valence-corrected chi connectivity index (χ4v) is 5.29. The first kappa shape index (κ1) is 32.8. The third-order valence-corrected chi connectivity index (χ3v) is 8.17. The highest BCUT2D eigenvalue weighted by Gasteiger charge is 2.23. The summed E-state index contributed by atoms with van der Waals surface area (Å²) in [7, 11) is 3.70. The van der Waals surface area contributed by atoms with Crippen LogP contribution in [-0.4, -0.2) is 84.4 Å². The molecule has 1 aliphatic heterocycles. The molecule has 2 aromatic heterocycles. The van der Waals surface area contributed by atoms with Gasteiger partial charge in [0.25, 0.3) is 0 Å². The van der Waals surface area contributed by atoms with Crippen LogP contribution in [0.3, 0.4) is 0 Å². The molecule has 0 bridgehead atoms. The van der Waals surface area contributed by atoms with Gasteiger partial charge in [0.05, 0.1) is 19.2 Å². The highest BCUT2D eigenvalue weighted by molar-refractivity contribution is 5.95. The molecule has 5 aromatic rings. The molecule has 0 spiro atoms. The number of methoxy groups -OCH3 is 1. The summed E-state index contributed by atoms with van der Waals surface area (Å²) >= 11 is 0. The van der Waals surface area contributed by atoms with Gasteiger partial charge in [-0.3, -0.25) is 9.78 Å². The zero-order chi connectivity index (χ0) is 33.6. The number of hydrogen-bond acceptors (Lipinski definition) is 10. The van der Waals surface area contributed by atoms with Gasteiger partial charge in [-0.15, -0.1) is 10.2 Å². The number of aromatic nitrogens is 3. The number of halogens is 2. The first-order chi connectivity index (χ1) is 23.3. The predicted octanol–water partition coefficient (Wildman–Crippen LogP) is 6.12. The molecule has 1 amide bonds. The Kier molecular flexibility index (Phi) is 10.1. The Morgan fingerprint density at radius 2 is 1.75 bits per heavy atom. The second kappa shape index (κ2) is 14.7. The van der Waals surface area contributed by atoms with E-state index in [0.29, 0.717) is 40.3 Å². The summed E-state index contributed by atoms with van der Waals surface area (Å²) in [6.07, 6.45) is 2.46. The summed E-state index contributed by atoms with van der Waals surface area (Å²) in [6, 6.07) is 14.9. The highest BCUT2D eigenvalue weighted by Crippen LogP contribution is 2.38. The number of piperazine rings is 1. The van der Waals surface area contributed by atoms with E-state index in [2.05, 4.69) is 37.3 Å². The van der Waals surface area contributed by atoms with Crippen molar-refractivity contribution in [3.63, 3.8) is 0 Å². The van der Waals surface area contributed by atoms with E-state index in [4.69, 9.17) is 18.6 Å². The summed E-state index contributed by atoms with van der Waals surface area (Å²) in [6.45, 7) is 7.34. The van der Waals surface area contributed by atoms with E-state index in [9.17, 15) is 9.18 Å². The Morgan fingerprint density at radius 1 is 0.958 bits per heavy atom. The number of likely N-dealkylation sites (N-methyl/N-ethyl adjacent to an activating group) is 1. The number of nitrogens with one attached hydrogen (secondary N) is 1. The Morgan fingerprint density at radius 3 is 2.50 bits per heavy atom. The van der Waals surface area contributed by atoms with E-state index in [1.54, 1.807) is 38.4 Å². The molecule has 1 N–H and O–H groups in total. The zero-order valence-corrected chi connectivity index (χ0v) is 26.9. The molecule has 3 aromatic carbocycles. The Labute approximate surface area is 276 Å². The van der Waals surface area contributed by atoms with E-state index in [-0.39, 0.29) is 23.2 Å². The van der Waals surface area contributed by atoms with Crippen LogP contribution in [0.15, 0.2) is 71.3 Å². The van der Waals surface area contributed by atoms with Gasteiger partial charge in [0.2, 0.25) is 17.7 Å². The Bertz CT molecular complexity index is 1880. The van der Waals surface area contributed by atoms with Gasteiger partial charge in [0.1, 0.15) is 17.5 Å². The topological polar surface area (TPSA) is 115 Å². The molecule has 1 unspecified atom stereocenters. The molecule has 0 aliphatic carbocycles. The van der Waals surface area contributed by atoms with Crippen LogP contribution in [0.5, 0.6) is 23.0 Å². The molecule has 0 radical (unpaired) electrons. The van der Waals surface area contributed by atoms with Crippen molar-refractivity contribution in [2.24, 2.45) is 0 Å². The fourth-order valence-electron chi connectivity index (χ4n) is 5.29. The first-order valence-corrected chi connectivity index (χ1v) is 15.7. The molecule has 6 rings (SSSR count). The number of ether oxygens (including phenoxy) is 3. The molecule has 48 heavy (non-hydrogen) atoms. The van der Waals surface area contributed by atoms with Gasteiger partial charge in [-0.1, -0.05) is 0 Å². The molecule has 0 saturated carbocycles. The number of carbonyl (C=O) groups excluding carboxylic acids is 1. The largest absolute Gasteiger partial charge is 0.493 e. The highest BCUT2D eigenvalue weighted by atomic mass is 19.1. The molecule has 1 saturated heterocycles. The van der Waals surface area contributed by atoms with E-state index >= 15 is 4.39 Å². The van der Waals surface area contributed by atoms with E-state index in [1.165, 1.54) is 36.4 Å². The molecule has 11 nitrogen and oxygen atoms in total. The van der Waals surface area contributed by atoms with E-state index in [0.717, 1.165) is 45.2 Å². The van der Waals surface area contributed by atoms with Crippen LogP contribution < -0.4 is 19.5 Å². The summed E-state index contributed by atoms with van der Waals surface area (Å²) in [5.41, 5.74) is 1.33. The van der Waals surface area contributed by atoms with Crippen molar-refractivity contribution in [1.82, 2.24) is 25.0 Å². The van der Waals surface area contributed by atoms with Crippen LogP contribution in [0.2, 0.25) is 0 Å². The number of amides is 1. The van der Waals surface area contributed by atoms with Gasteiger partial charge in [0, 0.05) is 67.7 Å². The molecule has 1 atom stereocenters. The summed E-state index contributed by atoms with van der Waals surface area (Å²) in [4.78, 5) is 22.1. The van der Waals surface area contributed by atoms with Crippen LogP contribution in [0.1, 0.15) is 25.2 Å². The van der Waals surface area contributed by atoms with Gasteiger partial charge in [-0.2, -0.15) is 0 Å². The average molecular weight is 659 g/mol. The normalized spacial score (nSPS) is 14.5. The molecule has 13 heteroatoms. The second-order valence-electron chi connectivity index (χ2n) is 11.6. The van der Waals surface area contributed by atoms with E-state index in [1.807, 2.05) is 0 Å². The standard InChI is InChI=1S/C35H36F2N6O5/c1-22(34-40-41-35(48-34)23-5-7-24(36)8-6-23)33(44)39-25-9-10-30(27(37)19-25)47-29-11-12-38-28-21-32(31(45-3)20-26(28)29)46-18-4-13-43-16-14-42(2)15-17-43/h5-12,19-22H,4,13-18H2,1-3H3,(H,39,44). The van der Waals surface area contributed by atoms with Crippen molar-refractivity contribution in [1.29, 1.82) is 0 Å². The van der Waals surface area contributed by atoms with Crippen LogP contribution in [0, 0.1) is 11.6 Å². The molecule has 1 fully saturated rings. The number of rotatable bonds is 12. The van der Waals surface area contributed by atoms with Gasteiger partial charge in [-0.05, 0) is 68.9 Å². The van der Waals surface area contributed by atoms with Gasteiger partial charge < -0.3 is 33.7 Å². The number of nitrogens with zero attached hydrogens (tertiary/aromatic N) is 5. The molecule has 250 valence electrons. The van der Waals surface area contributed by atoms with Crippen LogP contribution in [0.25, 0.3) is 22.4 Å². The SMILES string of the molecule is COc1cc2c(Oc3ccc(NC(=O)C(C)c4nnc(-c5ccc(F)cc5)o4)cc3F)ccnc2cc1OCCCN1CCN(C)CC1. The monoisotopic (exact) mass is 658 g/mol. The minimum absolute atomic E-state index is 0.0439. The number of hydrogen-bond donors (Lipinski definition) is 1. The fraction of sp³-hybridized carbons (Fsp3) is 0.314. The minimum Gasteiger partial charge on any atom is -0.493 e. The number of pyridine rings is 1. The smallest absolute Gasteiger partial charge is 0.247 e. The summed E-state index contributed by atoms with van der Waals surface area (Å²) in [5.74, 6) is -0.781. The maximum absolute atomic E-state index is 15.3. The maximum Gasteiger partial charge on any atom is 0.247 e. The van der Waals surface area contributed by atoms with Gasteiger partial charge in [0.15, 0.2) is 23.1 Å². The maximum atomic E-state index is 15.3. The average Bonchev–Trinajstić information content (AvgIpc) is 3.59. The van der Waals surface area contributed by atoms with Gasteiger partial charge in [-0.25, -0.2) is 8.78 Å². The van der Waals surface area contributed by atoms with Crippen molar-refractivity contribution >= 4 is 22.5 Å². The van der Waals surface area contributed by atoms with Crippen molar-refractivity contribution in [3.8, 4) is 34.5 Å². The minimum atomic E-state index is -0.838. The van der Waals surface area contributed by atoms with Crippen molar-refractivity contribution < 1.29 is 32.2 Å². The lowest BCUT2D eigenvalue weighted by Gasteiger charge is -2.32. The third-order valence-electron chi connectivity index (χ3n) is 8.17. The van der Waals surface area contributed by atoms with Crippen LogP contribution in [0.4, 0.5) is 14.5 Å². The summed E-state index contributed by atoms with van der Waals surface area (Å²) in [5, 5.41) is 11.2. The van der Waals surface area contributed by atoms with E-state index < -0.39 is 23.5 Å². The Balaban J connectivity index is 1.09. The number of anilines is 1. The lowest BCUT2D eigenvalue weighted by molar-refractivity contribution is -0.117. The summed E-state index contributed by atoms with van der Waals surface area (Å²) < 4.78 is 51.8. The zero-order valence-electron chi connectivity index (χ0n) is 26.9. The molecule has 3 heterocycles. The van der Waals surface area contributed by atoms with Crippen molar-refractivity contribution in [3.05, 3.63) is 84.4 Å². The Hall–Kier alpha value is -5.14. The van der Waals surface area contributed by atoms with Gasteiger partial charge >= 0.3 is 0 Å². The number of carbonyl (C=O) groups is 1. The molecule has 1 aliphatic rings. The number of benzene rings is 3. The quantitative estimate of drug-likeness (QED) is 0.157. The van der Waals surface area contributed by atoms with Crippen molar-refractivity contribution in [2.45, 2.75) is 19.3 Å². The van der Waals surface area contributed by atoms with Crippen molar-refractivity contribution in [2.75, 3.05) is 58.8 Å². The predicted molar refractivity (Wildman–Crippen MR) is 176 cm³/mol. The third kappa shape index (κ3) is 7.69. The molecular weight excluding hydrogens is 622 g/mol. The lowest BCUT2D eigenvalue weighted by Crippen LogP contribution is -2.44. The van der Waals surface area contributed by atoms with Crippen LogP contribution >= 0.6 is 0 Å². The lowest BCUT2D eigenvalue weighted by atomic mass is 10.1. The second-order valence-corrected chi connectivity index (χ2v) is 11.6. The number of fused-ring (bicyclic) bond motifs is 1. The molecular formula is C35H36F2N6O5.